The normalized spacial score (nSPS) is 12.2. The molecule has 0 aromatic carbocycles. The Bertz CT molecular complexity index is 411. The third-order valence-corrected chi connectivity index (χ3v) is 2.88. The Morgan fingerprint density at radius 2 is 2.21 bits per heavy atom. The van der Waals surface area contributed by atoms with Gasteiger partial charge in [0.05, 0.1) is 25.1 Å². The maximum atomic E-state index is 7.65. The first kappa shape index (κ1) is 15.4. The van der Waals surface area contributed by atoms with E-state index in [0.29, 0.717) is 25.3 Å². The molecule has 0 bridgehead atoms. The molecule has 0 spiro atoms. The zero-order valence-electron chi connectivity index (χ0n) is 11.7. The van der Waals surface area contributed by atoms with Crippen LogP contribution in [0.25, 0.3) is 0 Å². The molecule has 1 heterocycles. The Balaban J connectivity index is 3.05. The molecule has 0 radical (unpaired) electrons. The lowest BCUT2D eigenvalue weighted by atomic mass is 10.1. The number of amidine groups is 1. The largest absolute Gasteiger partial charge is 0.384 e. The van der Waals surface area contributed by atoms with E-state index in [9.17, 15) is 0 Å². The lowest BCUT2D eigenvalue weighted by molar-refractivity contribution is 0.171. The van der Waals surface area contributed by atoms with Crippen LogP contribution in [0.5, 0.6) is 0 Å². The third kappa shape index (κ3) is 4.18. The van der Waals surface area contributed by atoms with Gasteiger partial charge in [0.25, 0.3) is 0 Å². The number of hydrogen-bond acceptors (Lipinski definition) is 5. The molecule has 0 aliphatic carbocycles. The first-order chi connectivity index (χ1) is 9.11. The van der Waals surface area contributed by atoms with E-state index >= 15 is 0 Å². The molecule has 1 aromatic heterocycles. The minimum atomic E-state index is 0.0319. The molecular weight excluding hydrogens is 244 g/mol. The molecule has 0 aliphatic rings. The predicted octanol–water partition coefficient (Wildman–Crippen LogP) is 0.853. The molecular formula is C13H22N4O2. The van der Waals surface area contributed by atoms with Gasteiger partial charge < -0.3 is 20.1 Å². The van der Waals surface area contributed by atoms with Gasteiger partial charge in [-0.1, -0.05) is 0 Å². The van der Waals surface area contributed by atoms with Crippen LogP contribution < -0.4 is 10.6 Å². The molecule has 6 nitrogen and oxygen atoms in total. The van der Waals surface area contributed by atoms with Crippen molar-refractivity contribution in [2.75, 3.05) is 38.9 Å². The number of pyridine rings is 1. The first-order valence-corrected chi connectivity index (χ1v) is 6.14. The van der Waals surface area contributed by atoms with Crippen LogP contribution in [-0.2, 0) is 9.47 Å². The summed E-state index contributed by atoms with van der Waals surface area (Å²) in [5.41, 5.74) is 7.13. The Morgan fingerprint density at radius 3 is 2.79 bits per heavy atom. The second-order valence-electron chi connectivity index (χ2n) is 4.30. The van der Waals surface area contributed by atoms with Crippen molar-refractivity contribution in [1.29, 1.82) is 5.41 Å². The minimum absolute atomic E-state index is 0.0319. The van der Waals surface area contributed by atoms with Crippen LogP contribution in [0.2, 0.25) is 0 Å². The zero-order valence-corrected chi connectivity index (χ0v) is 11.7. The van der Waals surface area contributed by atoms with Crippen molar-refractivity contribution in [2.45, 2.75) is 13.0 Å². The first-order valence-electron chi connectivity index (χ1n) is 6.14. The average molecular weight is 266 g/mol. The SMILES string of the molecule is COCCN(c1cnccc1C(=N)N)C(C)COC. The fourth-order valence-corrected chi connectivity index (χ4v) is 1.94. The highest BCUT2D eigenvalue weighted by molar-refractivity contribution is 6.00. The molecule has 1 aromatic rings. The van der Waals surface area contributed by atoms with E-state index in [4.69, 9.17) is 20.6 Å². The van der Waals surface area contributed by atoms with Crippen LogP contribution in [0.1, 0.15) is 12.5 Å². The van der Waals surface area contributed by atoms with E-state index in [0.717, 1.165) is 5.69 Å². The average Bonchev–Trinajstić information content (AvgIpc) is 2.40. The van der Waals surface area contributed by atoms with Crippen LogP contribution in [0.4, 0.5) is 5.69 Å². The molecule has 0 amide bonds. The summed E-state index contributed by atoms with van der Waals surface area (Å²) in [5, 5.41) is 7.65. The van der Waals surface area contributed by atoms with Crippen LogP contribution in [0.15, 0.2) is 18.5 Å². The fourth-order valence-electron chi connectivity index (χ4n) is 1.94. The molecule has 1 atom stereocenters. The summed E-state index contributed by atoms with van der Waals surface area (Å²) in [7, 11) is 3.33. The number of ether oxygens (including phenoxy) is 2. The van der Waals surface area contributed by atoms with Crippen LogP contribution in [0, 0.1) is 5.41 Å². The Kier molecular flexibility index (Phi) is 6.24. The predicted molar refractivity (Wildman–Crippen MR) is 75.8 cm³/mol. The van der Waals surface area contributed by atoms with Gasteiger partial charge in [-0.15, -0.1) is 0 Å². The molecule has 19 heavy (non-hydrogen) atoms. The van der Waals surface area contributed by atoms with Gasteiger partial charge in [0.2, 0.25) is 0 Å². The highest BCUT2D eigenvalue weighted by atomic mass is 16.5. The van der Waals surface area contributed by atoms with Gasteiger partial charge in [-0.25, -0.2) is 0 Å². The highest BCUT2D eigenvalue weighted by Crippen LogP contribution is 2.21. The topological polar surface area (TPSA) is 84.5 Å². The maximum absolute atomic E-state index is 7.65. The molecule has 0 fully saturated rings. The summed E-state index contributed by atoms with van der Waals surface area (Å²) >= 11 is 0. The minimum Gasteiger partial charge on any atom is -0.384 e. The number of nitrogens with one attached hydrogen (secondary N) is 1. The van der Waals surface area contributed by atoms with E-state index in [2.05, 4.69) is 16.8 Å². The van der Waals surface area contributed by atoms with Crippen molar-refractivity contribution >= 4 is 11.5 Å². The molecule has 1 unspecified atom stereocenters. The third-order valence-electron chi connectivity index (χ3n) is 2.88. The number of nitrogens with two attached hydrogens (primary N) is 1. The maximum Gasteiger partial charge on any atom is 0.125 e. The summed E-state index contributed by atoms with van der Waals surface area (Å²) in [6.45, 7) is 3.90. The van der Waals surface area contributed by atoms with Gasteiger partial charge in [-0.2, -0.15) is 0 Å². The van der Waals surface area contributed by atoms with Gasteiger partial charge in [-0.3, -0.25) is 10.4 Å². The van der Waals surface area contributed by atoms with Gasteiger partial charge in [0, 0.05) is 38.6 Å². The summed E-state index contributed by atoms with van der Waals surface area (Å²) < 4.78 is 10.3. The van der Waals surface area contributed by atoms with Gasteiger partial charge in [0.1, 0.15) is 5.84 Å². The molecule has 6 heteroatoms. The summed E-state index contributed by atoms with van der Waals surface area (Å²) in [4.78, 5) is 6.22. The number of nitrogens with zero attached hydrogens (tertiary/aromatic N) is 2. The van der Waals surface area contributed by atoms with E-state index in [1.165, 1.54) is 0 Å². The van der Waals surface area contributed by atoms with Crippen LogP contribution in [-0.4, -0.2) is 50.8 Å². The molecule has 106 valence electrons. The molecule has 1 rings (SSSR count). The van der Waals surface area contributed by atoms with E-state index in [1.54, 1.807) is 32.7 Å². The monoisotopic (exact) mass is 266 g/mol. The van der Waals surface area contributed by atoms with Gasteiger partial charge >= 0.3 is 0 Å². The number of methoxy groups -OCH3 is 2. The van der Waals surface area contributed by atoms with Crippen molar-refractivity contribution in [3.63, 3.8) is 0 Å². The van der Waals surface area contributed by atoms with Gasteiger partial charge in [0.15, 0.2) is 0 Å². The zero-order chi connectivity index (χ0) is 14.3. The van der Waals surface area contributed by atoms with Crippen molar-refractivity contribution in [3.05, 3.63) is 24.0 Å². The Morgan fingerprint density at radius 1 is 1.47 bits per heavy atom. The van der Waals surface area contributed by atoms with Crippen LogP contribution in [0.3, 0.4) is 0 Å². The smallest absolute Gasteiger partial charge is 0.125 e. The second-order valence-corrected chi connectivity index (χ2v) is 4.30. The highest BCUT2D eigenvalue weighted by Gasteiger charge is 2.18. The standard InChI is InChI=1S/C13H22N4O2/c1-10(9-19-3)17(6-7-18-2)12-8-16-5-4-11(12)13(14)15/h4-5,8,10H,6-7,9H2,1-3H3,(H3,14,15). The van der Waals surface area contributed by atoms with Crippen molar-refractivity contribution in [1.82, 2.24) is 4.98 Å². The molecule has 3 N–H and O–H groups in total. The lowest BCUT2D eigenvalue weighted by Crippen LogP contribution is -2.40. The summed E-state index contributed by atoms with van der Waals surface area (Å²) in [6.07, 6.45) is 3.36. The van der Waals surface area contributed by atoms with Crippen LogP contribution >= 0.6 is 0 Å². The van der Waals surface area contributed by atoms with Crippen molar-refractivity contribution in [2.24, 2.45) is 5.73 Å². The lowest BCUT2D eigenvalue weighted by Gasteiger charge is -2.31. The number of aromatic nitrogens is 1. The molecule has 0 saturated heterocycles. The van der Waals surface area contributed by atoms with E-state index < -0.39 is 0 Å². The Hall–Kier alpha value is -1.66. The van der Waals surface area contributed by atoms with Gasteiger partial charge in [-0.05, 0) is 13.0 Å². The second kappa shape index (κ2) is 7.70. The van der Waals surface area contributed by atoms with E-state index in [-0.39, 0.29) is 11.9 Å². The summed E-state index contributed by atoms with van der Waals surface area (Å²) in [6, 6.07) is 1.89. The summed E-state index contributed by atoms with van der Waals surface area (Å²) in [5.74, 6) is 0.0319. The van der Waals surface area contributed by atoms with E-state index in [1.807, 2.05) is 0 Å². The fraction of sp³-hybridized carbons (Fsp3) is 0.538. The number of nitrogen functional groups attached to an aromatic ring is 1. The Labute approximate surface area is 114 Å². The van der Waals surface area contributed by atoms with Crippen molar-refractivity contribution in [3.8, 4) is 0 Å². The molecule has 0 saturated carbocycles. The quantitative estimate of drug-likeness (QED) is 0.538. The van der Waals surface area contributed by atoms with Crippen molar-refractivity contribution < 1.29 is 9.47 Å². The number of anilines is 1. The number of hydrogen-bond donors (Lipinski definition) is 2. The number of rotatable bonds is 8. The molecule has 0 aliphatic heterocycles.